The molecule has 2 aromatic carbocycles. The molecule has 1 aliphatic rings. The van der Waals surface area contributed by atoms with Gasteiger partial charge in [-0.2, -0.15) is 13.2 Å². The minimum Gasteiger partial charge on any atom is -0.484 e. The topological polar surface area (TPSA) is 98.9 Å². The maximum absolute atomic E-state index is 13.3. The Kier molecular flexibility index (Phi) is 6.87. The summed E-state index contributed by atoms with van der Waals surface area (Å²) in [4.78, 5) is 11.9. The Morgan fingerprint density at radius 3 is 2.35 bits per heavy atom. The van der Waals surface area contributed by atoms with Crippen molar-refractivity contribution >= 4 is 21.7 Å². The molecule has 0 fully saturated rings. The van der Waals surface area contributed by atoms with Gasteiger partial charge in [0.1, 0.15) is 29.3 Å². The molecule has 0 bridgehead atoms. The molecule has 34 heavy (non-hydrogen) atoms. The van der Waals surface area contributed by atoms with Crippen molar-refractivity contribution in [3.63, 3.8) is 0 Å². The highest BCUT2D eigenvalue weighted by Gasteiger charge is 2.47. The molecule has 2 atom stereocenters. The Bertz CT molecular complexity index is 1160. The fraction of sp³-hybridized carbons (Fsp3) is 0.409. The van der Waals surface area contributed by atoms with Crippen LogP contribution in [0.1, 0.15) is 26.3 Å². The highest BCUT2D eigenvalue weighted by molar-refractivity contribution is 7.92. The normalized spacial score (nSPS) is 17.5. The van der Waals surface area contributed by atoms with E-state index in [9.17, 15) is 30.8 Å². The number of ether oxygens (including phenoxy) is 2. The molecule has 0 saturated heterocycles. The quantitative estimate of drug-likeness (QED) is 0.494. The number of anilines is 1. The molecule has 0 spiro atoms. The van der Waals surface area contributed by atoms with Gasteiger partial charge < -0.3 is 15.2 Å². The van der Waals surface area contributed by atoms with Gasteiger partial charge in [0.15, 0.2) is 0 Å². The van der Waals surface area contributed by atoms with Crippen molar-refractivity contribution in [2.75, 3.05) is 10.8 Å². The van der Waals surface area contributed by atoms with Crippen molar-refractivity contribution in [2.45, 2.75) is 56.0 Å². The van der Waals surface area contributed by atoms with E-state index in [4.69, 9.17) is 15.2 Å². The zero-order valence-corrected chi connectivity index (χ0v) is 19.4. The van der Waals surface area contributed by atoms with Crippen molar-refractivity contribution in [1.29, 1.82) is 0 Å². The van der Waals surface area contributed by atoms with E-state index in [2.05, 4.69) is 0 Å². The summed E-state index contributed by atoms with van der Waals surface area (Å²) in [5.74, 6) is -1.42. The van der Waals surface area contributed by atoms with Crippen LogP contribution in [0.15, 0.2) is 47.4 Å². The number of hydrogen-bond donors (Lipinski definition) is 1. The first kappa shape index (κ1) is 25.8. The van der Waals surface area contributed by atoms with E-state index in [0.717, 1.165) is 28.6 Å². The number of hydrogen-bond acceptors (Lipinski definition) is 6. The predicted octanol–water partition coefficient (Wildman–Crippen LogP) is 3.56. The Morgan fingerprint density at radius 2 is 1.79 bits per heavy atom. The van der Waals surface area contributed by atoms with E-state index < -0.39 is 52.3 Å². The molecule has 7 nitrogen and oxygen atoms in total. The van der Waals surface area contributed by atoms with E-state index >= 15 is 0 Å². The van der Waals surface area contributed by atoms with E-state index in [1.807, 2.05) is 0 Å². The van der Waals surface area contributed by atoms with Gasteiger partial charge in [0.25, 0.3) is 10.0 Å². The van der Waals surface area contributed by atoms with Crippen LogP contribution in [0.5, 0.6) is 5.75 Å². The molecule has 0 radical (unpaired) electrons. The average Bonchev–Trinajstić information content (AvgIpc) is 2.70. The van der Waals surface area contributed by atoms with Gasteiger partial charge in [-0.3, -0.25) is 9.10 Å². The van der Waals surface area contributed by atoms with Gasteiger partial charge >= 0.3 is 12.1 Å². The number of esters is 1. The summed E-state index contributed by atoms with van der Waals surface area (Å²) < 4.78 is 91.2. The molecular weight excluding hydrogens is 480 g/mol. The minimum absolute atomic E-state index is 0.0731. The third kappa shape index (κ3) is 5.79. The highest BCUT2D eigenvalue weighted by Crippen LogP contribution is 2.40. The maximum Gasteiger partial charge on any atom is 0.407 e. The lowest BCUT2D eigenvalue weighted by atomic mass is 10.1. The van der Waals surface area contributed by atoms with Crippen molar-refractivity contribution in [2.24, 2.45) is 5.73 Å². The number of rotatable bonds is 5. The molecular formula is C22H24F4N2O5S. The van der Waals surface area contributed by atoms with Crippen LogP contribution in [0.2, 0.25) is 0 Å². The zero-order chi connectivity index (χ0) is 25.5. The van der Waals surface area contributed by atoms with Crippen LogP contribution in [0.3, 0.4) is 0 Å². The zero-order valence-electron chi connectivity index (χ0n) is 18.6. The lowest BCUT2D eigenvalue weighted by Gasteiger charge is -2.38. The summed E-state index contributed by atoms with van der Waals surface area (Å²) in [6.45, 7) is 4.31. The third-order valence-corrected chi connectivity index (χ3v) is 6.66. The second-order valence-corrected chi connectivity index (χ2v) is 10.6. The monoisotopic (exact) mass is 504 g/mol. The molecule has 0 unspecified atom stereocenters. The lowest BCUT2D eigenvalue weighted by Crippen LogP contribution is -2.57. The number of carbonyl (C=O) groups excluding carboxylic acids is 1. The molecule has 3 rings (SSSR count). The first-order valence-corrected chi connectivity index (χ1v) is 11.6. The number of nitrogens with two attached hydrogens (primary N) is 1. The van der Waals surface area contributed by atoms with Crippen LogP contribution in [0.25, 0.3) is 0 Å². The Morgan fingerprint density at radius 1 is 1.18 bits per heavy atom. The molecule has 1 aliphatic heterocycles. The van der Waals surface area contributed by atoms with Gasteiger partial charge in [0.05, 0.1) is 23.5 Å². The van der Waals surface area contributed by atoms with Crippen LogP contribution in [0.4, 0.5) is 23.2 Å². The highest BCUT2D eigenvalue weighted by atomic mass is 32.2. The predicted molar refractivity (Wildman–Crippen MR) is 115 cm³/mol. The number of alkyl halides is 3. The number of nitrogens with zero attached hydrogens (tertiary/aromatic N) is 1. The average molecular weight is 505 g/mol. The van der Waals surface area contributed by atoms with Crippen LogP contribution in [-0.4, -0.2) is 44.9 Å². The molecule has 2 N–H and O–H groups in total. The van der Waals surface area contributed by atoms with Crippen LogP contribution in [-0.2, 0) is 26.0 Å². The molecule has 0 saturated carbocycles. The van der Waals surface area contributed by atoms with Gasteiger partial charge in [-0.1, -0.05) is 6.07 Å². The fourth-order valence-corrected chi connectivity index (χ4v) is 4.81. The van der Waals surface area contributed by atoms with Crippen LogP contribution >= 0.6 is 0 Å². The van der Waals surface area contributed by atoms with Crippen LogP contribution < -0.4 is 14.8 Å². The first-order valence-electron chi connectivity index (χ1n) is 10.2. The van der Waals surface area contributed by atoms with Crippen molar-refractivity contribution in [3.8, 4) is 5.75 Å². The SMILES string of the molecule is CC(C)(C)OC(=O)Cc1ccc2c(c1)N(S(=O)(=O)c1ccc(F)cc1)C[C@@H]([C@H](N)C(F)(F)F)O2. The molecule has 0 aliphatic carbocycles. The summed E-state index contributed by atoms with van der Waals surface area (Å²) in [6, 6.07) is 5.41. The smallest absolute Gasteiger partial charge is 0.407 e. The summed E-state index contributed by atoms with van der Waals surface area (Å²) in [6.07, 6.45) is -6.79. The summed E-state index contributed by atoms with van der Waals surface area (Å²) in [5.41, 5.74) is 4.86. The number of halogens is 4. The molecule has 1 heterocycles. The second kappa shape index (κ2) is 9.06. The molecule has 186 valence electrons. The van der Waals surface area contributed by atoms with Gasteiger partial charge in [0.2, 0.25) is 0 Å². The fourth-order valence-electron chi connectivity index (χ4n) is 3.33. The Hall–Kier alpha value is -2.86. The summed E-state index contributed by atoms with van der Waals surface area (Å²) >= 11 is 0. The van der Waals surface area contributed by atoms with Crippen LogP contribution in [0, 0.1) is 5.82 Å². The number of carbonyl (C=O) groups is 1. The van der Waals surface area contributed by atoms with E-state index in [1.165, 1.54) is 18.2 Å². The van der Waals surface area contributed by atoms with E-state index in [1.54, 1.807) is 20.8 Å². The Labute approximate surface area is 194 Å². The summed E-state index contributed by atoms with van der Waals surface area (Å²) in [7, 11) is -4.43. The number of benzene rings is 2. The number of sulfonamides is 1. The van der Waals surface area contributed by atoms with E-state index in [0.29, 0.717) is 5.56 Å². The largest absolute Gasteiger partial charge is 0.484 e. The molecule has 0 amide bonds. The van der Waals surface area contributed by atoms with Gasteiger partial charge in [-0.15, -0.1) is 0 Å². The second-order valence-electron chi connectivity index (χ2n) is 8.78. The molecule has 0 aromatic heterocycles. The maximum atomic E-state index is 13.3. The Balaban J connectivity index is 2.04. The lowest BCUT2D eigenvalue weighted by molar-refractivity contribution is -0.165. The first-order chi connectivity index (χ1) is 15.6. The molecule has 2 aromatic rings. The minimum atomic E-state index is -4.84. The number of fused-ring (bicyclic) bond motifs is 1. The standard InChI is InChI=1S/C22H24F4N2O5S/c1-21(2,3)33-19(29)11-13-4-9-17-16(10-13)28(12-18(32-17)20(27)22(24,25)26)34(30,31)15-7-5-14(23)6-8-15/h4-10,18,20H,11-12,27H2,1-3H3/t18-,20-/m0/s1. The van der Waals surface area contributed by atoms with Crippen molar-refractivity contribution in [3.05, 3.63) is 53.8 Å². The van der Waals surface area contributed by atoms with Crippen molar-refractivity contribution in [1.82, 2.24) is 0 Å². The van der Waals surface area contributed by atoms with E-state index in [-0.39, 0.29) is 22.8 Å². The molecule has 12 heteroatoms. The summed E-state index contributed by atoms with van der Waals surface area (Å²) in [5, 5.41) is 0. The van der Waals surface area contributed by atoms with Crippen molar-refractivity contribution < 1.29 is 40.2 Å². The van der Waals surface area contributed by atoms with Gasteiger partial charge in [0, 0.05) is 0 Å². The van der Waals surface area contributed by atoms with Gasteiger partial charge in [-0.25, -0.2) is 12.8 Å². The van der Waals surface area contributed by atoms with Gasteiger partial charge in [-0.05, 0) is 62.7 Å². The third-order valence-electron chi connectivity index (χ3n) is 4.86.